The number of halogens is 2. The molecule has 3 atom stereocenters. The Morgan fingerprint density at radius 2 is 1.68 bits per heavy atom. The van der Waals surface area contributed by atoms with Gasteiger partial charge in [0.05, 0.1) is 13.0 Å². The molecule has 0 amide bonds. The lowest BCUT2D eigenvalue weighted by Gasteiger charge is -2.37. The summed E-state index contributed by atoms with van der Waals surface area (Å²) >= 11 is 12.5. The lowest BCUT2D eigenvalue weighted by atomic mass is 9.86. The summed E-state index contributed by atoms with van der Waals surface area (Å²) < 4.78 is 14.9. The average molecular weight is 311 g/mol. The fourth-order valence-electron chi connectivity index (χ4n) is 3.06. The minimum absolute atomic E-state index is 0.184. The van der Waals surface area contributed by atoms with Gasteiger partial charge in [-0.2, -0.15) is 0 Å². The van der Waals surface area contributed by atoms with Gasteiger partial charge in [0, 0.05) is 14.2 Å². The summed E-state index contributed by atoms with van der Waals surface area (Å²) in [6, 6.07) is 0. The van der Waals surface area contributed by atoms with Gasteiger partial charge >= 0.3 is 5.97 Å². The van der Waals surface area contributed by atoms with Crippen LogP contribution in [0.2, 0.25) is 0 Å². The van der Waals surface area contributed by atoms with Gasteiger partial charge in [0.1, 0.15) is 0 Å². The SMILES string of the molecule is COC(=O)[C@@H]1C[C@]2(Cl)C(=O)C(=O)[C@@]1(Cl)C2(OC)OC. The van der Waals surface area contributed by atoms with Gasteiger partial charge in [0.2, 0.25) is 17.4 Å². The standard InChI is InChI=1S/C11H12Cl2O6/c1-17-8(16)5-4-9(12)6(14)7(15)10(5,13)11(9,18-2)19-3/h5H,4H2,1-3H3/t5-,9-,10+/m0/s1. The van der Waals surface area contributed by atoms with Crippen molar-refractivity contribution in [1.29, 1.82) is 0 Å². The third-order valence-corrected chi connectivity index (χ3v) is 5.18. The van der Waals surface area contributed by atoms with Crippen LogP contribution < -0.4 is 0 Å². The highest BCUT2D eigenvalue weighted by molar-refractivity contribution is 6.66. The highest BCUT2D eigenvalue weighted by Gasteiger charge is 2.87. The first-order valence-corrected chi connectivity index (χ1v) is 6.17. The first-order chi connectivity index (χ1) is 8.76. The Morgan fingerprint density at radius 1 is 1.16 bits per heavy atom. The van der Waals surface area contributed by atoms with Gasteiger partial charge in [0.15, 0.2) is 9.75 Å². The van der Waals surface area contributed by atoms with Crippen molar-refractivity contribution < 1.29 is 28.6 Å². The summed E-state index contributed by atoms with van der Waals surface area (Å²) in [6.45, 7) is 0. The average Bonchev–Trinajstić information content (AvgIpc) is 2.69. The van der Waals surface area contributed by atoms with E-state index in [9.17, 15) is 14.4 Å². The van der Waals surface area contributed by atoms with Crippen LogP contribution in [0.1, 0.15) is 6.42 Å². The van der Waals surface area contributed by atoms with Gasteiger partial charge < -0.3 is 14.2 Å². The Kier molecular flexibility index (Phi) is 3.21. The third kappa shape index (κ3) is 1.28. The summed E-state index contributed by atoms with van der Waals surface area (Å²) in [5, 5.41) is 0. The summed E-state index contributed by atoms with van der Waals surface area (Å²) in [6.07, 6.45) is -0.184. The maximum absolute atomic E-state index is 12.1. The molecule has 8 heteroatoms. The maximum atomic E-state index is 12.1. The molecule has 0 radical (unpaired) electrons. The van der Waals surface area contributed by atoms with Crippen molar-refractivity contribution in [3.63, 3.8) is 0 Å². The van der Waals surface area contributed by atoms with Crippen LogP contribution in [-0.4, -0.2) is 54.4 Å². The maximum Gasteiger partial charge on any atom is 0.311 e. The van der Waals surface area contributed by atoms with Crippen LogP contribution in [0.4, 0.5) is 0 Å². The molecular weight excluding hydrogens is 299 g/mol. The minimum atomic E-state index is -2.01. The van der Waals surface area contributed by atoms with Crippen molar-refractivity contribution in [1.82, 2.24) is 0 Å². The van der Waals surface area contributed by atoms with Crippen molar-refractivity contribution in [3.8, 4) is 0 Å². The Morgan fingerprint density at radius 3 is 2.05 bits per heavy atom. The summed E-state index contributed by atoms with van der Waals surface area (Å²) in [5.74, 6) is -5.64. The molecule has 0 aliphatic heterocycles. The largest absolute Gasteiger partial charge is 0.469 e. The van der Waals surface area contributed by atoms with Crippen LogP contribution in [0, 0.1) is 5.92 Å². The van der Waals surface area contributed by atoms with E-state index in [1.807, 2.05) is 0 Å². The number of alkyl halides is 2. The lowest BCUT2D eigenvalue weighted by Crippen LogP contribution is -2.58. The van der Waals surface area contributed by atoms with Crippen LogP contribution in [0.5, 0.6) is 0 Å². The molecule has 0 spiro atoms. The number of fused-ring (bicyclic) bond motifs is 2. The molecule has 2 aliphatic carbocycles. The number of carbonyl (C=O) groups is 3. The smallest absolute Gasteiger partial charge is 0.311 e. The lowest BCUT2D eigenvalue weighted by molar-refractivity contribution is -0.221. The molecule has 6 nitrogen and oxygen atoms in total. The Balaban J connectivity index is 2.68. The van der Waals surface area contributed by atoms with E-state index in [1.54, 1.807) is 0 Å². The van der Waals surface area contributed by atoms with Crippen molar-refractivity contribution in [2.24, 2.45) is 5.92 Å². The van der Waals surface area contributed by atoms with Gasteiger partial charge in [0.25, 0.3) is 0 Å². The number of ketones is 2. The molecule has 2 saturated carbocycles. The molecule has 0 aromatic heterocycles. The number of hydrogen-bond donors (Lipinski definition) is 0. The molecule has 19 heavy (non-hydrogen) atoms. The fraction of sp³-hybridized carbons (Fsp3) is 0.727. The molecule has 2 fully saturated rings. The van der Waals surface area contributed by atoms with Crippen molar-refractivity contribution in [2.45, 2.75) is 22.0 Å². The third-order valence-electron chi connectivity index (χ3n) is 3.92. The zero-order valence-electron chi connectivity index (χ0n) is 10.5. The Labute approximate surface area is 119 Å². The predicted octanol–water partition coefficient (Wildman–Crippen LogP) is 0.275. The number of esters is 1. The van der Waals surface area contributed by atoms with Crippen molar-refractivity contribution in [2.75, 3.05) is 21.3 Å². The zero-order chi connectivity index (χ0) is 14.6. The number of rotatable bonds is 3. The summed E-state index contributed by atoms with van der Waals surface area (Å²) in [7, 11) is 3.58. The second-order valence-electron chi connectivity index (χ2n) is 4.48. The highest BCUT2D eigenvalue weighted by atomic mass is 35.5. The Bertz CT molecular complexity index is 474. The molecule has 106 valence electrons. The number of Topliss-reactive ketones (excluding diaryl/α,β-unsaturated/α-hetero) is 2. The van der Waals surface area contributed by atoms with Gasteiger partial charge in [-0.1, -0.05) is 0 Å². The minimum Gasteiger partial charge on any atom is -0.469 e. The summed E-state index contributed by atoms with van der Waals surface area (Å²) in [5.41, 5.74) is 0. The van der Waals surface area contributed by atoms with E-state index >= 15 is 0 Å². The van der Waals surface area contributed by atoms with Crippen molar-refractivity contribution in [3.05, 3.63) is 0 Å². The van der Waals surface area contributed by atoms with E-state index in [4.69, 9.17) is 32.7 Å². The number of ether oxygens (including phenoxy) is 3. The molecule has 2 rings (SSSR count). The number of carbonyl (C=O) groups excluding carboxylic acids is 3. The van der Waals surface area contributed by atoms with Gasteiger partial charge in [-0.3, -0.25) is 14.4 Å². The molecule has 0 aromatic carbocycles. The van der Waals surface area contributed by atoms with Crippen LogP contribution in [0.3, 0.4) is 0 Å². The number of hydrogen-bond acceptors (Lipinski definition) is 6. The van der Waals surface area contributed by atoms with E-state index in [2.05, 4.69) is 4.74 Å². The highest BCUT2D eigenvalue weighted by Crippen LogP contribution is 2.65. The topological polar surface area (TPSA) is 78.9 Å². The van der Waals surface area contributed by atoms with Crippen LogP contribution >= 0.6 is 23.2 Å². The van der Waals surface area contributed by atoms with E-state index in [1.165, 1.54) is 14.2 Å². The van der Waals surface area contributed by atoms with Gasteiger partial charge in [-0.15, -0.1) is 23.2 Å². The molecule has 0 saturated heterocycles. The Hall–Kier alpha value is -0.690. The van der Waals surface area contributed by atoms with Crippen LogP contribution in [0.15, 0.2) is 0 Å². The summed E-state index contributed by atoms with van der Waals surface area (Å²) in [4.78, 5) is 32.1. The van der Waals surface area contributed by atoms with E-state index in [-0.39, 0.29) is 6.42 Å². The number of methoxy groups -OCH3 is 3. The predicted molar refractivity (Wildman–Crippen MR) is 64.1 cm³/mol. The molecule has 2 aliphatic rings. The molecule has 0 heterocycles. The van der Waals surface area contributed by atoms with Crippen LogP contribution in [-0.2, 0) is 28.6 Å². The van der Waals surface area contributed by atoms with Gasteiger partial charge in [-0.05, 0) is 6.42 Å². The fourth-order valence-corrected chi connectivity index (χ4v) is 4.22. The first-order valence-electron chi connectivity index (χ1n) is 5.42. The van der Waals surface area contributed by atoms with E-state index in [0.717, 1.165) is 7.11 Å². The first kappa shape index (κ1) is 14.7. The molecule has 0 aromatic rings. The molecule has 0 N–H and O–H groups in total. The monoisotopic (exact) mass is 310 g/mol. The van der Waals surface area contributed by atoms with Crippen molar-refractivity contribution >= 4 is 40.7 Å². The van der Waals surface area contributed by atoms with Gasteiger partial charge in [-0.25, -0.2) is 0 Å². The second-order valence-corrected chi connectivity index (χ2v) is 5.72. The zero-order valence-corrected chi connectivity index (χ0v) is 12.0. The molecule has 2 bridgehead atoms. The van der Waals surface area contributed by atoms with Crippen LogP contribution in [0.25, 0.3) is 0 Å². The normalized spacial score (nSPS) is 39.7. The molecule has 0 unspecified atom stereocenters. The van der Waals surface area contributed by atoms with E-state index < -0.39 is 39.0 Å². The second kappa shape index (κ2) is 4.15. The molecular formula is C11H12Cl2O6. The van der Waals surface area contributed by atoms with E-state index in [0.29, 0.717) is 0 Å². The quantitative estimate of drug-likeness (QED) is 0.322.